The van der Waals surface area contributed by atoms with Crippen LogP contribution in [0.1, 0.15) is 21.9 Å². The molecule has 3 rings (SSSR count). The molecule has 0 aliphatic carbocycles. The highest BCUT2D eigenvalue weighted by atomic mass is 16.5. The Morgan fingerprint density at radius 3 is 2.83 bits per heavy atom. The van der Waals surface area contributed by atoms with Crippen LogP contribution in [0.5, 0.6) is 0 Å². The average molecular weight is 330 g/mol. The maximum Gasteiger partial charge on any atom is 0.271 e. The van der Waals surface area contributed by atoms with E-state index in [4.69, 9.17) is 4.74 Å². The molecule has 1 fully saturated rings. The van der Waals surface area contributed by atoms with Crippen LogP contribution in [0.2, 0.25) is 0 Å². The number of nitrogens with one attached hydrogen (secondary N) is 1. The Morgan fingerprint density at radius 1 is 1.38 bits per heavy atom. The lowest BCUT2D eigenvalue weighted by Gasteiger charge is -2.33. The van der Waals surface area contributed by atoms with E-state index in [0.717, 1.165) is 23.8 Å². The Morgan fingerprint density at radius 2 is 2.21 bits per heavy atom. The van der Waals surface area contributed by atoms with Crippen LogP contribution >= 0.6 is 0 Å². The maximum atomic E-state index is 11.5. The molecule has 128 valence electrons. The first-order valence-electron chi connectivity index (χ1n) is 8.00. The number of amides is 1. The van der Waals surface area contributed by atoms with E-state index in [0.29, 0.717) is 25.4 Å². The zero-order valence-electron chi connectivity index (χ0n) is 14.2. The van der Waals surface area contributed by atoms with Gasteiger partial charge in [0.15, 0.2) is 11.5 Å². The van der Waals surface area contributed by atoms with Crippen molar-refractivity contribution in [2.75, 3.05) is 31.6 Å². The Labute approximate surface area is 140 Å². The van der Waals surface area contributed by atoms with Crippen molar-refractivity contribution in [3.8, 4) is 0 Å². The molecule has 0 aromatic carbocycles. The molecule has 1 N–H and O–H groups in total. The predicted octanol–water partition coefficient (Wildman–Crippen LogP) is 0.555. The van der Waals surface area contributed by atoms with E-state index in [1.54, 1.807) is 13.1 Å². The lowest BCUT2D eigenvalue weighted by molar-refractivity contribution is 0.0267. The Balaban J connectivity index is 1.67. The van der Waals surface area contributed by atoms with Crippen LogP contribution in [0.4, 0.5) is 5.82 Å². The Hall–Kier alpha value is -2.48. The van der Waals surface area contributed by atoms with Crippen molar-refractivity contribution in [3.63, 3.8) is 0 Å². The molecule has 1 unspecified atom stereocenters. The number of nitrogens with zero attached hydrogens (tertiary/aromatic N) is 5. The SMILES string of the molecule is CNC(=O)c1ccc(N2CCOC(Cn3nc(C)cc3C)C2)nn1. The molecule has 0 spiro atoms. The topological polar surface area (TPSA) is 85.2 Å². The van der Waals surface area contributed by atoms with Gasteiger partial charge in [0.05, 0.1) is 24.9 Å². The summed E-state index contributed by atoms with van der Waals surface area (Å²) in [6, 6.07) is 5.57. The predicted molar refractivity (Wildman–Crippen MR) is 89.1 cm³/mol. The molecule has 0 radical (unpaired) electrons. The second-order valence-corrected chi connectivity index (χ2v) is 5.90. The van der Waals surface area contributed by atoms with Gasteiger partial charge >= 0.3 is 0 Å². The minimum absolute atomic E-state index is 0.0390. The number of anilines is 1. The number of ether oxygens (including phenoxy) is 1. The molecule has 1 amide bonds. The molecule has 0 saturated carbocycles. The van der Waals surface area contributed by atoms with Gasteiger partial charge in [-0.05, 0) is 32.0 Å². The van der Waals surface area contributed by atoms with E-state index < -0.39 is 0 Å². The molecule has 8 heteroatoms. The highest BCUT2D eigenvalue weighted by Crippen LogP contribution is 2.16. The van der Waals surface area contributed by atoms with Crippen molar-refractivity contribution in [1.82, 2.24) is 25.3 Å². The highest BCUT2D eigenvalue weighted by Gasteiger charge is 2.23. The molecule has 1 saturated heterocycles. The van der Waals surface area contributed by atoms with Crippen molar-refractivity contribution in [1.29, 1.82) is 0 Å². The van der Waals surface area contributed by atoms with Crippen molar-refractivity contribution in [2.45, 2.75) is 26.5 Å². The molecule has 2 aromatic rings. The van der Waals surface area contributed by atoms with Crippen LogP contribution in [0.15, 0.2) is 18.2 Å². The fourth-order valence-electron chi connectivity index (χ4n) is 2.83. The number of hydrogen-bond acceptors (Lipinski definition) is 6. The minimum atomic E-state index is -0.238. The molecule has 1 aliphatic heterocycles. The van der Waals surface area contributed by atoms with Crippen LogP contribution in [0.25, 0.3) is 0 Å². The van der Waals surface area contributed by atoms with Crippen molar-refractivity contribution < 1.29 is 9.53 Å². The van der Waals surface area contributed by atoms with Gasteiger partial charge in [-0.3, -0.25) is 9.48 Å². The summed E-state index contributed by atoms with van der Waals surface area (Å²) in [5.41, 5.74) is 2.45. The summed E-state index contributed by atoms with van der Waals surface area (Å²) >= 11 is 0. The molecule has 1 atom stereocenters. The van der Waals surface area contributed by atoms with Gasteiger partial charge in [0.2, 0.25) is 0 Å². The van der Waals surface area contributed by atoms with Crippen molar-refractivity contribution in [3.05, 3.63) is 35.3 Å². The standard InChI is InChI=1S/C16H22N6O2/c1-11-8-12(2)22(20-11)10-13-9-21(6-7-24-13)15-5-4-14(18-19-15)16(23)17-3/h4-5,8,13H,6-7,9-10H2,1-3H3,(H,17,23). The largest absolute Gasteiger partial charge is 0.373 e. The number of aryl methyl sites for hydroxylation is 2. The zero-order valence-corrected chi connectivity index (χ0v) is 14.2. The normalized spacial score (nSPS) is 17.8. The Bertz CT molecular complexity index is 712. The number of carbonyl (C=O) groups is 1. The zero-order chi connectivity index (χ0) is 17.1. The smallest absolute Gasteiger partial charge is 0.271 e. The van der Waals surface area contributed by atoms with Gasteiger partial charge in [-0.1, -0.05) is 0 Å². The second-order valence-electron chi connectivity index (χ2n) is 5.90. The van der Waals surface area contributed by atoms with Crippen LogP contribution in [-0.4, -0.2) is 58.7 Å². The van der Waals surface area contributed by atoms with Crippen LogP contribution < -0.4 is 10.2 Å². The summed E-state index contributed by atoms with van der Waals surface area (Å²) in [7, 11) is 1.57. The van der Waals surface area contributed by atoms with Gasteiger partial charge in [0, 0.05) is 25.8 Å². The molecule has 0 bridgehead atoms. The summed E-state index contributed by atoms with van der Waals surface area (Å²) in [6.07, 6.45) is 0.0390. The van der Waals surface area contributed by atoms with E-state index in [1.807, 2.05) is 24.6 Å². The summed E-state index contributed by atoms with van der Waals surface area (Å²) in [4.78, 5) is 13.7. The van der Waals surface area contributed by atoms with E-state index in [9.17, 15) is 4.79 Å². The van der Waals surface area contributed by atoms with Gasteiger partial charge in [-0.2, -0.15) is 5.10 Å². The van der Waals surface area contributed by atoms with Gasteiger partial charge in [-0.25, -0.2) is 0 Å². The molecule has 24 heavy (non-hydrogen) atoms. The lowest BCUT2D eigenvalue weighted by atomic mass is 10.2. The Kier molecular flexibility index (Phi) is 4.75. The van der Waals surface area contributed by atoms with Crippen LogP contribution in [0, 0.1) is 13.8 Å². The van der Waals surface area contributed by atoms with E-state index in [1.165, 1.54) is 0 Å². The van der Waals surface area contributed by atoms with Gasteiger partial charge in [-0.15, -0.1) is 10.2 Å². The number of rotatable bonds is 4. The molecule has 8 nitrogen and oxygen atoms in total. The quantitative estimate of drug-likeness (QED) is 0.881. The summed E-state index contributed by atoms with van der Waals surface area (Å²) < 4.78 is 7.84. The second kappa shape index (κ2) is 6.96. The molecular formula is C16H22N6O2. The monoisotopic (exact) mass is 330 g/mol. The number of hydrogen-bond donors (Lipinski definition) is 1. The van der Waals surface area contributed by atoms with Crippen molar-refractivity contribution >= 4 is 11.7 Å². The average Bonchev–Trinajstić information content (AvgIpc) is 2.92. The fraction of sp³-hybridized carbons (Fsp3) is 0.500. The van der Waals surface area contributed by atoms with Crippen LogP contribution in [0.3, 0.4) is 0 Å². The van der Waals surface area contributed by atoms with E-state index in [2.05, 4.69) is 31.6 Å². The molecule has 1 aliphatic rings. The first-order valence-corrected chi connectivity index (χ1v) is 8.00. The third kappa shape index (κ3) is 3.53. The maximum absolute atomic E-state index is 11.5. The number of carbonyl (C=O) groups excluding carboxylic acids is 1. The third-order valence-electron chi connectivity index (χ3n) is 4.05. The van der Waals surface area contributed by atoms with Crippen molar-refractivity contribution in [2.24, 2.45) is 0 Å². The van der Waals surface area contributed by atoms with Gasteiger partial charge in [0.1, 0.15) is 0 Å². The summed E-state index contributed by atoms with van der Waals surface area (Å²) in [6.45, 7) is 6.83. The molecule has 2 aromatic heterocycles. The van der Waals surface area contributed by atoms with E-state index in [-0.39, 0.29) is 12.0 Å². The summed E-state index contributed by atoms with van der Waals surface area (Å²) in [5, 5.41) is 15.2. The fourth-order valence-corrected chi connectivity index (χ4v) is 2.83. The number of aromatic nitrogens is 4. The summed E-state index contributed by atoms with van der Waals surface area (Å²) in [5.74, 6) is 0.516. The first-order chi connectivity index (χ1) is 11.6. The van der Waals surface area contributed by atoms with Gasteiger partial charge in [0.25, 0.3) is 5.91 Å². The van der Waals surface area contributed by atoms with E-state index >= 15 is 0 Å². The van der Waals surface area contributed by atoms with Gasteiger partial charge < -0.3 is 15.0 Å². The third-order valence-corrected chi connectivity index (χ3v) is 4.05. The lowest BCUT2D eigenvalue weighted by Crippen LogP contribution is -2.45. The number of morpholine rings is 1. The first kappa shape index (κ1) is 16.4. The minimum Gasteiger partial charge on any atom is -0.373 e. The molecular weight excluding hydrogens is 308 g/mol. The molecule has 3 heterocycles. The van der Waals surface area contributed by atoms with Crippen LogP contribution in [-0.2, 0) is 11.3 Å². The highest BCUT2D eigenvalue weighted by molar-refractivity contribution is 5.91.